The predicted molar refractivity (Wildman–Crippen MR) is 142 cm³/mol. The molecule has 1 nitrogen and oxygen atoms in total. The van der Waals surface area contributed by atoms with E-state index in [4.69, 9.17) is 13.7 Å². The van der Waals surface area contributed by atoms with E-state index in [0.29, 0.717) is 5.56 Å². The van der Waals surface area contributed by atoms with Crippen molar-refractivity contribution in [2.75, 3.05) is 4.90 Å². The zero-order valence-electron chi connectivity index (χ0n) is 28.4. The third kappa shape index (κ3) is 3.64. The highest BCUT2D eigenvalue weighted by atomic mass is 15.1. The van der Waals surface area contributed by atoms with Crippen molar-refractivity contribution in [1.29, 1.82) is 0 Å². The molecule has 156 valence electrons. The molecular weight excluding hydrogens is 398 g/mol. The highest BCUT2D eigenvalue weighted by Crippen LogP contribution is 2.40. The van der Waals surface area contributed by atoms with Gasteiger partial charge in [0.15, 0.2) is 0 Å². The fraction of sp³-hybridized carbons (Fsp3) is 0. The van der Waals surface area contributed by atoms with E-state index in [0.717, 1.165) is 10.8 Å². The summed E-state index contributed by atoms with van der Waals surface area (Å²) in [5.74, 6) is 0. The fourth-order valence-corrected chi connectivity index (χ4v) is 3.85. The normalized spacial score (nSPS) is 15.7. The first kappa shape index (κ1) is 11.0. The maximum absolute atomic E-state index is 9.39. The van der Waals surface area contributed by atoms with Crippen LogP contribution in [0.5, 0.6) is 0 Å². The number of fused-ring (bicyclic) bond motifs is 2. The molecule has 0 fully saturated rings. The van der Waals surface area contributed by atoms with Gasteiger partial charge in [-0.05, 0) is 63.6 Å². The quantitative estimate of drug-likeness (QED) is 0.268. The highest BCUT2D eigenvalue weighted by molar-refractivity contribution is 5.99. The highest BCUT2D eigenvalue weighted by Gasteiger charge is 2.15. The Morgan fingerprint density at radius 3 is 2.18 bits per heavy atom. The van der Waals surface area contributed by atoms with Crippen LogP contribution in [0.4, 0.5) is 17.1 Å². The van der Waals surface area contributed by atoms with E-state index in [1.807, 2.05) is 30.3 Å². The molecular formula is C32H23N. The fourth-order valence-electron chi connectivity index (χ4n) is 3.85. The van der Waals surface area contributed by atoms with Crippen molar-refractivity contribution < 1.29 is 15.1 Å². The summed E-state index contributed by atoms with van der Waals surface area (Å²) < 4.78 is 95.9. The lowest BCUT2D eigenvalue weighted by molar-refractivity contribution is 1.30. The number of benzene rings is 6. The molecule has 0 bridgehead atoms. The van der Waals surface area contributed by atoms with E-state index in [1.165, 1.54) is 4.90 Å². The Bertz CT molecular complexity index is 2140. The van der Waals surface area contributed by atoms with Crippen LogP contribution in [0.2, 0.25) is 0 Å². The molecule has 0 amide bonds. The van der Waals surface area contributed by atoms with Crippen molar-refractivity contribution in [3.63, 3.8) is 0 Å². The van der Waals surface area contributed by atoms with Crippen molar-refractivity contribution >= 4 is 38.6 Å². The Labute approximate surface area is 209 Å². The number of para-hydroxylation sites is 1. The van der Waals surface area contributed by atoms with Gasteiger partial charge in [0.1, 0.15) is 0 Å². The first-order valence-electron chi connectivity index (χ1n) is 15.9. The van der Waals surface area contributed by atoms with Gasteiger partial charge in [-0.15, -0.1) is 0 Å². The molecule has 0 atom stereocenters. The molecule has 1 heteroatoms. The molecule has 0 spiro atoms. The standard InChI is InChI=1S/C32H23N/c1-2-15-29(16-3-1)33(32-19-9-13-25-11-6-7-18-31(25)32)30-17-8-14-27(23-30)28-21-20-24-10-4-5-12-26(24)22-28/h1-23H/i6D,7D,8D,9D,11D,13D,14D,17D,18D,19D,23D. The number of hydrogen-bond acceptors (Lipinski definition) is 1. The van der Waals surface area contributed by atoms with Gasteiger partial charge in [-0.3, -0.25) is 0 Å². The van der Waals surface area contributed by atoms with Gasteiger partial charge in [0.2, 0.25) is 0 Å². The monoisotopic (exact) mass is 432 g/mol. The van der Waals surface area contributed by atoms with Gasteiger partial charge in [0.25, 0.3) is 0 Å². The SMILES string of the molecule is [2H]c1c([2H])c(-c2ccc3ccccc3c2)c([2H])c(N(c2ccccc2)c2c([2H])c([2H])c([2H])c3c([2H])c([2H])c([2H])c([2H])c23)c1[2H]. The molecule has 0 aliphatic carbocycles. The van der Waals surface area contributed by atoms with Crippen LogP contribution in [0.25, 0.3) is 32.7 Å². The average Bonchev–Trinajstić information content (AvgIpc) is 3.03. The zero-order valence-corrected chi connectivity index (χ0v) is 17.4. The van der Waals surface area contributed by atoms with Gasteiger partial charge in [-0.1, -0.05) is 103 Å². The van der Waals surface area contributed by atoms with Crippen LogP contribution in [0.3, 0.4) is 0 Å². The Hall–Kier alpha value is -4.36. The first-order chi connectivity index (χ1) is 21.0. The lowest BCUT2D eigenvalue weighted by Gasteiger charge is -2.27. The van der Waals surface area contributed by atoms with E-state index in [1.54, 1.807) is 42.5 Å². The van der Waals surface area contributed by atoms with Gasteiger partial charge in [-0.2, -0.15) is 0 Å². The van der Waals surface area contributed by atoms with Crippen molar-refractivity contribution in [3.8, 4) is 11.1 Å². The summed E-state index contributed by atoms with van der Waals surface area (Å²) >= 11 is 0. The summed E-state index contributed by atoms with van der Waals surface area (Å²) in [4.78, 5) is 1.27. The molecule has 0 unspecified atom stereocenters. The van der Waals surface area contributed by atoms with Crippen LogP contribution >= 0.6 is 0 Å². The molecule has 0 saturated heterocycles. The second-order valence-electron chi connectivity index (χ2n) is 7.43. The topological polar surface area (TPSA) is 3.24 Å². The van der Waals surface area contributed by atoms with Crippen molar-refractivity contribution in [2.24, 2.45) is 0 Å². The molecule has 0 aliphatic rings. The smallest absolute Gasteiger partial charge is 0.0651 e. The van der Waals surface area contributed by atoms with Crippen LogP contribution in [-0.4, -0.2) is 0 Å². The first-order valence-corrected chi connectivity index (χ1v) is 10.4. The number of hydrogen-bond donors (Lipinski definition) is 0. The minimum absolute atomic E-state index is 0.0635. The third-order valence-electron chi connectivity index (χ3n) is 5.40. The van der Waals surface area contributed by atoms with E-state index in [-0.39, 0.29) is 45.5 Å². The number of rotatable bonds is 4. The maximum Gasteiger partial charge on any atom is 0.0651 e. The van der Waals surface area contributed by atoms with E-state index < -0.39 is 54.4 Å². The molecule has 0 heterocycles. The largest absolute Gasteiger partial charge is 0.310 e. The third-order valence-corrected chi connectivity index (χ3v) is 5.40. The summed E-state index contributed by atoms with van der Waals surface area (Å²) in [5.41, 5.74) is 0.369. The van der Waals surface area contributed by atoms with Crippen molar-refractivity contribution in [1.82, 2.24) is 0 Å². The summed E-state index contributed by atoms with van der Waals surface area (Å²) in [6, 6.07) is 15.5. The van der Waals surface area contributed by atoms with E-state index >= 15 is 0 Å². The number of anilines is 3. The van der Waals surface area contributed by atoms with E-state index in [2.05, 4.69) is 0 Å². The molecule has 0 saturated carbocycles. The van der Waals surface area contributed by atoms with Crippen molar-refractivity contribution in [2.45, 2.75) is 0 Å². The molecule has 6 aromatic carbocycles. The summed E-state index contributed by atoms with van der Waals surface area (Å²) in [6.45, 7) is 0. The summed E-state index contributed by atoms with van der Waals surface area (Å²) in [7, 11) is 0. The molecule has 0 aromatic heterocycles. The van der Waals surface area contributed by atoms with Gasteiger partial charge >= 0.3 is 0 Å². The average molecular weight is 433 g/mol. The molecule has 0 radical (unpaired) electrons. The van der Waals surface area contributed by atoms with Crippen LogP contribution in [0, 0.1) is 0 Å². The predicted octanol–water partition coefficient (Wildman–Crippen LogP) is 9.13. The second kappa shape index (κ2) is 8.29. The summed E-state index contributed by atoms with van der Waals surface area (Å²) in [6.07, 6.45) is 0. The lowest BCUT2D eigenvalue weighted by Crippen LogP contribution is -2.10. The molecule has 6 rings (SSSR count). The van der Waals surface area contributed by atoms with E-state index in [9.17, 15) is 1.37 Å². The second-order valence-corrected chi connectivity index (χ2v) is 7.43. The maximum atomic E-state index is 9.39. The minimum atomic E-state index is -0.606. The van der Waals surface area contributed by atoms with Gasteiger partial charge in [0.05, 0.1) is 20.8 Å². The Morgan fingerprint density at radius 2 is 1.27 bits per heavy atom. The van der Waals surface area contributed by atoms with Crippen LogP contribution in [0.1, 0.15) is 15.1 Å². The zero-order chi connectivity index (χ0) is 31.6. The van der Waals surface area contributed by atoms with Crippen LogP contribution < -0.4 is 4.90 Å². The lowest BCUT2D eigenvalue weighted by atomic mass is 10.00. The summed E-state index contributed by atoms with van der Waals surface area (Å²) in [5, 5.41) is 1.27. The number of nitrogens with zero attached hydrogens (tertiary/aromatic N) is 1. The Kier molecular flexibility index (Phi) is 2.76. The minimum Gasteiger partial charge on any atom is -0.310 e. The van der Waals surface area contributed by atoms with Gasteiger partial charge in [0, 0.05) is 16.8 Å². The Morgan fingerprint density at radius 1 is 0.515 bits per heavy atom. The van der Waals surface area contributed by atoms with Gasteiger partial charge in [-0.25, -0.2) is 0 Å². The molecule has 0 aliphatic heterocycles. The van der Waals surface area contributed by atoms with Crippen LogP contribution in [0.15, 0.2) is 139 Å². The molecule has 33 heavy (non-hydrogen) atoms. The van der Waals surface area contributed by atoms with Crippen LogP contribution in [-0.2, 0) is 0 Å². The molecule has 0 N–H and O–H groups in total. The molecule has 6 aromatic rings. The Balaban J connectivity index is 1.79. The van der Waals surface area contributed by atoms with Crippen molar-refractivity contribution in [3.05, 3.63) is 139 Å². The van der Waals surface area contributed by atoms with Gasteiger partial charge < -0.3 is 4.90 Å².